The van der Waals surface area contributed by atoms with Crippen molar-refractivity contribution in [1.82, 2.24) is 14.7 Å². The van der Waals surface area contributed by atoms with Crippen LogP contribution in [-0.2, 0) is 26.5 Å². The van der Waals surface area contributed by atoms with E-state index in [0.717, 1.165) is 5.56 Å². The van der Waals surface area contributed by atoms with Gasteiger partial charge in [0.1, 0.15) is 0 Å². The number of aromatic nitrogens is 2. The number of halogens is 1. The SMILES string of the molecule is C[C@@H]1[C@@H]([Si](C)(C)F)[C@H](CC(=O)N(CCO)Cc2ccccc2)O[C@@]12C(=O)N(c1ccccc1)c1ccc(-n3[nH]c4ccccc4c3=O)cc12. The Morgan fingerprint density at radius 1 is 0.959 bits per heavy atom. The molecule has 49 heavy (non-hydrogen) atoms. The normalized spacial score (nSPS) is 21.9. The Morgan fingerprint density at radius 3 is 2.31 bits per heavy atom. The predicted octanol–water partition coefficient (Wildman–Crippen LogP) is 6.18. The molecule has 0 radical (unpaired) electrons. The van der Waals surface area contributed by atoms with Gasteiger partial charge in [-0.1, -0.05) is 67.6 Å². The second-order valence-electron chi connectivity index (χ2n) is 13.5. The van der Waals surface area contributed by atoms with Gasteiger partial charge in [-0.25, -0.2) is 4.68 Å². The molecule has 0 bridgehead atoms. The average Bonchev–Trinajstić information content (AvgIpc) is 3.68. The van der Waals surface area contributed by atoms with Crippen molar-refractivity contribution >= 4 is 42.5 Å². The lowest BCUT2D eigenvalue weighted by Gasteiger charge is -2.31. The van der Waals surface area contributed by atoms with Crippen molar-refractivity contribution in [3.8, 4) is 5.69 Å². The number of amides is 2. The largest absolute Gasteiger partial charge is 0.395 e. The van der Waals surface area contributed by atoms with Gasteiger partial charge in [0.25, 0.3) is 11.5 Å². The molecule has 252 valence electrons. The fourth-order valence-electron chi connectivity index (χ4n) is 7.89. The third-order valence-electron chi connectivity index (χ3n) is 10.0. The lowest BCUT2D eigenvalue weighted by atomic mass is 9.82. The van der Waals surface area contributed by atoms with Gasteiger partial charge in [0, 0.05) is 35.8 Å². The summed E-state index contributed by atoms with van der Waals surface area (Å²) in [6.45, 7) is 5.19. The highest BCUT2D eigenvalue weighted by Crippen LogP contribution is 2.61. The number of nitrogens with one attached hydrogen (secondary N) is 1. The summed E-state index contributed by atoms with van der Waals surface area (Å²) in [5.41, 5.74) is 1.22. The molecule has 4 atom stereocenters. The molecule has 1 saturated heterocycles. The van der Waals surface area contributed by atoms with Gasteiger partial charge in [0.05, 0.1) is 41.4 Å². The molecule has 3 heterocycles. The van der Waals surface area contributed by atoms with Crippen molar-refractivity contribution in [2.24, 2.45) is 5.92 Å². The van der Waals surface area contributed by atoms with E-state index in [2.05, 4.69) is 5.10 Å². The maximum absolute atomic E-state index is 16.5. The van der Waals surface area contributed by atoms with E-state index in [0.29, 0.717) is 33.5 Å². The van der Waals surface area contributed by atoms with Crippen LogP contribution in [0.4, 0.5) is 15.5 Å². The minimum atomic E-state index is -3.58. The van der Waals surface area contributed by atoms with E-state index in [1.54, 1.807) is 53.2 Å². The first-order valence-electron chi connectivity index (χ1n) is 16.6. The summed E-state index contributed by atoms with van der Waals surface area (Å²) in [5, 5.41) is 13.5. The number of H-pyrrole nitrogens is 1. The smallest absolute Gasteiger partial charge is 0.279 e. The third-order valence-corrected chi connectivity index (χ3v) is 12.5. The summed E-state index contributed by atoms with van der Waals surface area (Å²) in [5.74, 6) is -1.30. The molecule has 9 nitrogen and oxygen atoms in total. The quantitative estimate of drug-likeness (QED) is 0.143. The van der Waals surface area contributed by atoms with Crippen molar-refractivity contribution in [1.29, 1.82) is 0 Å². The number of fused-ring (bicyclic) bond motifs is 3. The van der Waals surface area contributed by atoms with Gasteiger partial charge < -0.3 is 18.9 Å². The number of para-hydroxylation sites is 2. The molecule has 7 rings (SSSR count). The monoisotopic (exact) mass is 678 g/mol. The zero-order chi connectivity index (χ0) is 34.5. The van der Waals surface area contributed by atoms with E-state index < -0.39 is 31.6 Å². The Hall–Kier alpha value is -4.84. The number of carbonyl (C=O) groups is 2. The maximum atomic E-state index is 16.5. The Balaban J connectivity index is 1.34. The van der Waals surface area contributed by atoms with Crippen LogP contribution in [0.15, 0.2) is 108 Å². The van der Waals surface area contributed by atoms with Crippen LogP contribution < -0.4 is 10.5 Å². The lowest BCUT2D eigenvalue weighted by molar-refractivity contribution is -0.149. The molecular formula is C38H39FN4O5Si. The molecule has 2 amide bonds. The molecular weight excluding hydrogens is 640 g/mol. The van der Waals surface area contributed by atoms with E-state index in [1.165, 1.54) is 4.68 Å². The fraction of sp³-hybridized carbons (Fsp3) is 0.289. The number of aliphatic hydroxyl groups is 1. The molecule has 0 aliphatic carbocycles. The summed E-state index contributed by atoms with van der Waals surface area (Å²) in [4.78, 5) is 45.5. The van der Waals surface area contributed by atoms with Crippen LogP contribution >= 0.6 is 0 Å². The molecule has 4 aromatic carbocycles. The summed E-state index contributed by atoms with van der Waals surface area (Å²) in [7, 11) is -3.58. The first-order chi connectivity index (χ1) is 23.5. The molecule has 1 aromatic heterocycles. The van der Waals surface area contributed by atoms with Gasteiger partial charge in [0.15, 0.2) is 5.60 Å². The summed E-state index contributed by atoms with van der Waals surface area (Å²) >= 11 is 0. The van der Waals surface area contributed by atoms with E-state index in [-0.39, 0.29) is 43.5 Å². The van der Waals surface area contributed by atoms with E-state index in [1.807, 2.05) is 79.7 Å². The van der Waals surface area contributed by atoms with Crippen LogP contribution in [-0.4, -0.2) is 59.3 Å². The van der Waals surface area contributed by atoms with Crippen molar-refractivity contribution < 1.29 is 23.5 Å². The Morgan fingerprint density at radius 2 is 1.63 bits per heavy atom. The summed E-state index contributed by atoms with van der Waals surface area (Å²) in [6.07, 6.45) is -1.06. The van der Waals surface area contributed by atoms with Crippen molar-refractivity contribution in [3.05, 3.63) is 125 Å². The predicted molar refractivity (Wildman–Crippen MR) is 189 cm³/mol. The van der Waals surface area contributed by atoms with Crippen LogP contribution in [0.5, 0.6) is 0 Å². The van der Waals surface area contributed by atoms with Crippen molar-refractivity contribution in [3.63, 3.8) is 0 Å². The van der Waals surface area contributed by atoms with Gasteiger partial charge >= 0.3 is 0 Å². The molecule has 0 unspecified atom stereocenters. The number of aliphatic hydroxyl groups excluding tert-OH is 1. The minimum Gasteiger partial charge on any atom is -0.395 e. The first kappa shape index (κ1) is 32.7. The Labute approximate surface area is 284 Å². The molecule has 11 heteroatoms. The van der Waals surface area contributed by atoms with Crippen molar-refractivity contribution in [2.75, 3.05) is 18.1 Å². The fourth-order valence-corrected chi connectivity index (χ4v) is 10.4. The highest BCUT2D eigenvalue weighted by atomic mass is 28.4. The number of rotatable bonds is 9. The molecule has 1 fully saturated rings. The van der Waals surface area contributed by atoms with E-state index >= 15 is 4.11 Å². The first-order valence-corrected chi connectivity index (χ1v) is 19.5. The number of hydrogen-bond donors (Lipinski definition) is 2. The van der Waals surface area contributed by atoms with Crippen LogP contribution in [0.25, 0.3) is 16.6 Å². The maximum Gasteiger partial charge on any atom is 0.279 e. The molecule has 0 saturated carbocycles. The van der Waals surface area contributed by atoms with E-state index in [4.69, 9.17) is 4.74 Å². The number of hydrogen-bond acceptors (Lipinski definition) is 5. The highest BCUT2D eigenvalue weighted by molar-refractivity contribution is 6.72. The van der Waals surface area contributed by atoms with E-state index in [9.17, 15) is 19.5 Å². The number of nitrogens with zero attached hydrogens (tertiary/aromatic N) is 3. The number of anilines is 2. The number of benzene rings is 4. The number of ether oxygens (including phenoxy) is 1. The van der Waals surface area contributed by atoms with Crippen LogP contribution in [0, 0.1) is 5.92 Å². The van der Waals surface area contributed by atoms with Gasteiger partial charge in [-0.3, -0.25) is 24.4 Å². The van der Waals surface area contributed by atoms with Crippen molar-refractivity contribution in [2.45, 2.75) is 50.2 Å². The summed E-state index contributed by atoms with van der Waals surface area (Å²) in [6, 6.07) is 31.3. The molecule has 5 aromatic rings. The van der Waals surface area contributed by atoms with Gasteiger partial charge in [0.2, 0.25) is 14.3 Å². The van der Waals surface area contributed by atoms with Crippen LogP contribution in [0.3, 0.4) is 0 Å². The van der Waals surface area contributed by atoms with Gasteiger partial charge in [-0.05, 0) is 61.1 Å². The minimum absolute atomic E-state index is 0.106. The van der Waals surface area contributed by atoms with Gasteiger partial charge in [-0.15, -0.1) is 0 Å². The second-order valence-corrected chi connectivity index (χ2v) is 17.3. The highest BCUT2D eigenvalue weighted by Gasteiger charge is 2.67. The molecule has 2 aliphatic heterocycles. The molecule has 1 spiro atoms. The number of aromatic amines is 1. The zero-order valence-corrected chi connectivity index (χ0v) is 28.7. The summed E-state index contributed by atoms with van der Waals surface area (Å²) < 4.78 is 24.9. The lowest BCUT2D eigenvalue weighted by Crippen LogP contribution is -2.44. The zero-order valence-electron chi connectivity index (χ0n) is 27.7. The van der Waals surface area contributed by atoms with Crippen LogP contribution in [0.1, 0.15) is 24.5 Å². The Bertz CT molecular complexity index is 2080. The third kappa shape index (κ3) is 5.51. The van der Waals surface area contributed by atoms with Crippen LogP contribution in [0.2, 0.25) is 18.6 Å². The molecule has 2 N–H and O–H groups in total. The second kappa shape index (κ2) is 12.6. The number of carbonyl (C=O) groups excluding carboxylic acids is 2. The standard InChI is InChI=1S/C38H39FN4O5Si/c1-25-35(49(2,3)39)33(23-34(45)41(20-21-44)24-26-12-6-4-7-13-26)48-38(25)30-22-28(43-36(46)29-16-10-11-17-31(29)40-43)18-19-32(30)42(37(38)47)27-14-8-5-9-15-27/h4-19,22,25,33,35,40,44H,20-21,23-24H2,1-3H3/t25-,33+,35-,38+/m1/s1. The molecule has 2 aliphatic rings. The Kier molecular flexibility index (Phi) is 8.38. The average molecular weight is 679 g/mol. The van der Waals surface area contributed by atoms with Gasteiger partial charge in [-0.2, -0.15) is 0 Å². The topological polar surface area (TPSA) is 108 Å².